The third-order valence-corrected chi connectivity index (χ3v) is 5.27. The molecule has 2 aromatic heterocycles. The number of rotatable bonds is 4. The Kier molecular flexibility index (Phi) is 4.59. The first-order chi connectivity index (χ1) is 12.0. The third kappa shape index (κ3) is 3.02. The molecule has 0 spiro atoms. The summed E-state index contributed by atoms with van der Waals surface area (Å²) in [6.45, 7) is 6.15. The van der Waals surface area contributed by atoms with Gasteiger partial charge in [0.1, 0.15) is 10.6 Å². The number of carbonyl (C=O) groups is 1. The number of ether oxygens (including phenoxy) is 1. The van der Waals surface area contributed by atoms with Crippen molar-refractivity contribution < 1.29 is 9.53 Å². The molecule has 0 aliphatic heterocycles. The van der Waals surface area contributed by atoms with Crippen molar-refractivity contribution in [2.75, 3.05) is 12.4 Å². The zero-order valence-electron chi connectivity index (χ0n) is 14.5. The second-order valence-corrected chi connectivity index (χ2v) is 6.73. The Morgan fingerprint density at radius 2 is 2.12 bits per heavy atom. The van der Waals surface area contributed by atoms with Gasteiger partial charge in [0.2, 0.25) is 0 Å². The molecule has 25 heavy (non-hydrogen) atoms. The molecule has 1 N–H and O–H groups in total. The molecule has 0 unspecified atom stereocenters. The van der Waals surface area contributed by atoms with Gasteiger partial charge in [-0.1, -0.05) is 6.07 Å². The van der Waals surface area contributed by atoms with E-state index in [4.69, 9.17) is 4.74 Å². The van der Waals surface area contributed by atoms with E-state index < -0.39 is 0 Å². The Bertz CT molecular complexity index is 1020. The van der Waals surface area contributed by atoms with Crippen LogP contribution in [0.3, 0.4) is 0 Å². The summed E-state index contributed by atoms with van der Waals surface area (Å²) in [5.74, 6) is 0.316. The van der Waals surface area contributed by atoms with Crippen LogP contribution in [-0.4, -0.2) is 22.6 Å². The summed E-state index contributed by atoms with van der Waals surface area (Å²) in [7, 11) is 1.56. The number of nitrogens with one attached hydrogen (secondary N) is 1. The summed E-state index contributed by atoms with van der Waals surface area (Å²) in [4.78, 5) is 30.6. The van der Waals surface area contributed by atoms with Crippen LogP contribution in [0.15, 0.2) is 29.3 Å². The Morgan fingerprint density at radius 1 is 1.36 bits per heavy atom. The van der Waals surface area contributed by atoms with Crippen molar-refractivity contribution in [2.24, 2.45) is 0 Å². The Labute approximate surface area is 149 Å². The highest BCUT2D eigenvalue weighted by Crippen LogP contribution is 2.30. The molecule has 0 saturated carbocycles. The van der Waals surface area contributed by atoms with Crippen molar-refractivity contribution in [1.82, 2.24) is 9.55 Å². The van der Waals surface area contributed by atoms with Crippen LogP contribution in [0.25, 0.3) is 10.2 Å². The van der Waals surface area contributed by atoms with E-state index in [0.29, 0.717) is 38.6 Å². The highest BCUT2D eigenvalue weighted by molar-refractivity contribution is 7.20. The monoisotopic (exact) mass is 357 g/mol. The topological polar surface area (TPSA) is 73.2 Å². The molecule has 130 valence electrons. The van der Waals surface area contributed by atoms with Crippen molar-refractivity contribution in [3.63, 3.8) is 0 Å². The molecule has 7 heteroatoms. The molecule has 3 aromatic rings. The lowest BCUT2D eigenvalue weighted by Gasteiger charge is -2.10. The summed E-state index contributed by atoms with van der Waals surface area (Å²) < 4.78 is 6.83. The molecule has 0 radical (unpaired) electrons. The maximum absolute atomic E-state index is 12.8. The van der Waals surface area contributed by atoms with E-state index in [1.165, 1.54) is 22.2 Å². The summed E-state index contributed by atoms with van der Waals surface area (Å²) in [5.41, 5.74) is 2.15. The maximum atomic E-state index is 12.8. The lowest BCUT2D eigenvalue weighted by atomic mass is 10.2. The highest BCUT2D eigenvalue weighted by atomic mass is 32.1. The average Bonchev–Trinajstić information content (AvgIpc) is 2.93. The van der Waals surface area contributed by atoms with Gasteiger partial charge in [0.25, 0.3) is 11.5 Å². The number of nitrogens with zero attached hydrogens (tertiary/aromatic N) is 2. The summed E-state index contributed by atoms with van der Waals surface area (Å²) in [6.07, 6.45) is 1.52. The number of aromatic nitrogens is 2. The molecule has 0 bridgehead atoms. The molecule has 0 fully saturated rings. The first-order valence-corrected chi connectivity index (χ1v) is 8.72. The molecule has 1 aromatic carbocycles. The van der Waals surface area contributed by atoms with Gasteiger partial charge in [-0.05, 0) is 44.0 Å². The van der Waals surface area contributed by atoms with Crippen molar-refractivity contribution in [1.29, 1.82) is 0 Å². The fraction of sp³-hybridized carbons (Fsp3) is 0.278. The highest BCUT2D eigenvalue weighted by Gasteiger charge is 2.20. The van der Waals surface area contributed by atoms with Crippen LogP contribution in [0.4, 0.5) is 5.69 Å². The fourth-order valence-corrected chi connectivity index (χ4v) is 3.73. The summed E-state index contributed by atoms with van der Waals surface area (Å²) >= 11 is 1.22. The van der Waals surface area contributed by atoms with Gasteiger partial charge in [0, 0.05) is 6.54 Å². The lowest BCUT2D eigenvalue weighted by Crippen LogP contribution is -2.19. The largest absolute Gasteiger partial charge is 0.495 e. The van der Waals surface area contributed by atoms with Gasteiger partial charge in [-0.2, -0.15) is 0 Å². The Morgan fingerprint density at radius 3 is 2.80 bits per heavy atom. The average molecular weight is 357 g/mol. The first-order valence-electron chi connectivity index (χ1n) is 7.90. The number of thiophene rings is 1. The second-order valence-electron chi connectivity index (χ2n) is 5.73. The smallest absolute Gasteiger partial charge is 0.266 e. The minimum atomic E-state index is -0.271. The lowest BCUT2D eigenvalue weighted by molar-refractivity contribution is 0.102. The van der Waals surface area contributed by atoms with E-state index in [-0.39, 0.29) is 11.5 Å². The number of anilines is 1. The standard InChI is InChI=1S/C18H19N3O3S/c1-5-21-9-19-17-14(18(21)23)11(3)15(25-17)16(22)20-12-8-10(2)6-7-13(12)24-4/h6-9H,5H2,1-4H3,(H,20,22). The van der Waals surface area contributed by atoms with Crippen LogP contribution in [0, 0.1) is 13.8 Å². The molecule has 0 aliphatic carbocycles. The van der Waals surface area contributed by atoms with Crippen LogP contribution in [0.1, 0.15) is 27.7 Å². The number of hydrogen-bond acceptors (Lipinski definition) is 5. The minimum absolute atomic E-state index is 0.117. The van der Waals surface area contributed by atoms with Gasteiger partial charge in [-0.25, -0.2) is 4.98 Å². The molecule has 6 nitrogen and oxygen atoms in total. The van der Waals surface area contributed by atoms with E-state index in [9.17, 15) is 9.59 Å². The van der Waals surface area contributed by atoms with E-state index in [1.807, 2.05) is 32.0 Å². The fourth-order valence-electron chi connectivity index (χ4n) is 2.70. The maximum Gasteiger partial charge on any atom is 0.266 e. The predicted molar refractivity (Wildman–Crippen MR) is 100.0 cm³/mol. The van der Waals surface area contributed by atoms with Crippen LogP contribution in [0.2, 0.25) is 0 Å². The quantitative estimate of drug-likeness (QED) is 0.777. The van der Waals surface area contributed by atoms with Crippen molar-refractivity contribution >= 4 is 33.1 Å². The van der Waals surface area contributed by atoms with Gasteiger partial charge in [0.15, 0.2) is 0 Å². The number of hydrogen-bond donors (Lipinski definition) is 1. The summed E-state index contributed by atoms with van der Waals surface area (Å²) in [6, 6.07) is 5.57. The number of benzene rings is 1. The Balaban J connectivity index is 2.04. The van der Waals surface area contributed by atoms with Crippen LogP contribution >= 0.6 is 11.3 Å². The molecular weight excluding hydrogens is 338 g/mol. The number of fused-ring (bicyclic) bond motifs is 1. The minimum Gasteiger partial charge on any atom is -0.495 e. The first kappa shape index (κ1) is 17.2. The van der Waals surface area contributed by atoms with Crippen molar-refractivity contribution in [3.8, 4) is 5.75 Å². The molecule has 1 amide bonds. The molecular formula is C18H19N3O3S. The van der Waals surface area contributed by atoms with E-state index >= 15 is 0 Å². The third-order valence-electron chi connectivity index (χ3n) is 4.07. The van der Waals surface area contributed by atoms with Crippen LogP contribution in [-0.2, 0) is 6.54 Å². The van der Waals surface area contributed by atoms with Crippen LogP contribution < -0.4 is 15.6 Å². The SMILES string of the molecule is CCn1cnc2sc(C(=O)Nc3cc(C)ccc3OC)c(C)c2c1=O. The predicted octanol–water partition coefficient (Wildman–Crippen LogP) is 3.36. The van der Waals surface area contributed by atoms with E-state index in [1.54, 1.807) is 14.0 Å². The number of aryl methyl sites for hydroxylation is 3. The van der Waals surface area contributed by atoms with E-state index in [0.717, 1.165) is 5.56 Å². The molecule has 0 atom stereocenters. The number of carbonyl (C=O) groups excluding carboxylic acids is 1. The van der Waals surface area contributed by atoms with Gasteiger partial charge in [-0.15, -0.1) is 11.3 Å². The number of amides is 1. The summed E-state index contributed by atoms with van der Waals surface area (Å²) in [5, 5.41) is 3.39. The zero-order valence-corrected chi connectivity index (χ0v) is 15.4. The van der Waals surface area contributed by atoms with Crippen molar-refractivity contribution in [3.05, 3.63) is 50.9 Å². The van der Waals surface area contributed by atoms with Crippen molar-refractivity contribution in [2.45, 2.75) is 27.3 Å². The molecule has 0 saturated heterocycles. The van der Waals surface area contributed by atoms with Gasteiger partial charge < -0.3 is 10.1 Å². The zero-order chi connectivity index (χ0) is 18.1. The normalized spacial score (nSPS) is 10.9. The van der Waals surface area contributed by atoms with E-state index in [2.05, 4.69) is 10.3 Å². The van der Waals surface area contributed by atoms with Gasteiger partial charge in [-0.3, -0.25) is 14.2 Å². The van der Waals surface area contributed by atoms with Gasteiger partial charge in [0.05, 0.1) is 29.4 Å². The molecule has 0 aliphatic rings. The van der Waals surface area contributed by atoms with Crippen LogP contribution in [0.5, 0.6) is 5.75 Å². The molecule has 2 heterocycles. The van der Waals surface area contributed by atoms with Gasteiger partial charge >= 0.3 is 0 Å². The molecule has 3 rings (SSSR count). The Hall–Kier alpha value is -2.67. The second kappa shape index (κ2) is 6.68. The number of methoxy groups -OCH3 is 1.